The Balaban J connectivity index is 2.68. The molecule has 1 rings (SSSR count). The van der Waals surface area contributed by atoms with Crippen molar-refractivity contribution in [2.75, 3.05) is 13.7 Å². The van der Waals surface area contributed by atoms with Crippen LogP contribution in [0.2, 0.25) is 5.02 Å². The molecule has 0 aromatic carbocycles. The maximum atomic E-state index is 11.9. The van der Waals surface area contributed by atoms with Gasteiger partial charge in [-0.2, -0.15) is 5.10 Å². The number of carbonyl (C=O) groups is 2. The van der Waals surface area contributed by atoms with Gasteiger partial charge in [-0.25, -0.2) is 4.68 Å². The molecule has 8 nitrogen and oxygen atoms in total. The Bertz CT molecular complexity index is 556. The highest BCUT2D eigenvalue weighted by Crippen LogP contribution is 2.10. The average Bonchev–Trinajstić information content (AvgIpc) is 2.36. The van der Waals surface area contributed by atoms with E-state index in [1.807, 2.05) is 0 Å². The number of esters is 1. The van der Waals surface area contributed by atoms with Crippen LogP contribution in [0.25, 0.3) is 0 Å². The molecule has 0 saturated carbocycles. The van der Waals surface area contributed by atoms with Crippen molar-refractivity contribution in [1.82, 2.24) is 9.78 Å². The SMILES string of the molecule is COCn1ncc(Cl)c(CCOC(=O)CC(=O)O)c1=O. The van der Waals surface area contributed by atoms with Crippen LogP contribution in [-0.4, -0.2) is 40.5 Å². The Morgan fingerprint density at radius 2 is 2.20 bits per heavy atom. The molecule has 0 saturated heterocycles. The van der Waals surface area contributed by atoms with Crippen molar-refractivity contribution < 1.29 is 24.2 Å². The lowest BCUT2D eigenvalue weighted by molar-refractivity contribution is -0.151. The summed E-state index contributed by atoms with van der Waals surface area (Å²) in [5.74, 6) is -2.15. The lowest BCUT2D eigenvalue weighted by atomic mass is 10.2. The summed E-state index contributed by atoms with van der Waals surface area (Å²) in [7, 11) is 1.41. The van der Waals surface area contributed by atoms with E-state index in [4.69, 9.17) is 21.4 Å². The lowest BCUT2D eigenvalue weighted by Crippen LogP contribution is -2.28. The van der Waals surface area contributed by atoms with Crippen LogP contribution in [0.1, 0.15) is 12.0 Å². The Labute approximate surface area is 118 Å². The average molecular weight is 305 g/mol. The van der Waals surface area contributed by atoms with Gasteiger partial charge in [0.1, 0.15) is 13.2 Å². The third kappa shape index (κ3) is 4.63. The molecule has 9 heteroatoms. The zero-order chi connectivity index (χ0) is 15.1. The molecule has 0 amide bonds. The first-order chi connectivity index (χ1) is 9.45. The van der Waals surface area contributed by atoms with Crippen LogP contribution in [0, 0.1) is 0 Å². The number of methoxy groups -OCH3 is 1. The Morgan fingerprint density at radius 1 is 1.50 bits per heavy atom. The smallest absolute Gasteiger partial charge is 0.317 e. The molecule has 0 spiro atoms. The third-order valence-electron chi connectivity index (χ3n) is 2.25. The molecule has 0 aliphatic heterocycles. The molecule has 0 atom stereocenters. The minimum atomic E-state index is -1.28. The largest absolute Gasteiger partial charge is 0.481 e. The number of ether oxygens (including phenoxy) is 2. The molecule has 110 valence electrons. The Kier molecular flexibility index (Phi) is 6.13. The van der Waals surface area contributed by atoms with Gasteiger partial charge in [-0.05, 0) is 0 Å². The van der Waals surface area contributed by atoms with E-state index in [1.165, 1.54) is 13.3 Å². The van der Waals surface area contributed by atoms with Crippen LogP contribution in [-0.2, 0) is 32.2 Å². The molecule has 0 radical (unpaired) electrons. The second-order valence-corrected chi connectivity index (χ2v) is 4.14. The standard InChI is InChI=1S/C11H13ClN2O6/c1-19-6-14-11(18)7(8(12)5-13-14)2-3-20-10(17)4-9(15)16/h5H,2-4,6H2,1H3,(H,15,16). The van der Waals surface area contributed by atoms with Crippen molar-refractivity contribution in [3.63, 3.8) is 0 Å². The molecular weight excluding hydrogens is 292 g/mol. The highest BCUT2D eigenvalue weighted by Gasteiger charge is 2.12. The van der Waals surface area contributed by atoms with Gasteiger partial charge in [-0.15, -0.1) is 0 Å². The highest BCUT2D eigenvalue weighted by molar-refractivity contribution is 6.31. The van der Waals surface area contributed by atoms with Crippen LogP contribution in [0.15, 0.2) is 11.0 Å². The predicted octanol–water partition coefficient (Wildman–Crippen LogP) is 0.0610. The third-order valence-corrected chi connectivity index (χ3v) is 2.58. The van der Waals surface area contributed by atoms with Gasteiger partial charge in [-0.3, -0.25) is 14.4 Å². The van der Waals surface area contributed by atoms with E-state index < -0.39 is 23.9 Å². The van der Waals surface area contributed by atoms with Crippen LogP contribution in [0.5, 0.6) is 0 Å². The van der Waals surface area contributed by atoms with Crippen molar-refractivity contribution in [2.45, 2.75) is 19.6 Å². The number of carbonyl (C=O) groups excluding carboxylic acids is 1. The Hall–Kier alpha value is -1.93. The van der Waals surface area contributed by atoms with Crippen molar-refractivity contribution in [1.29, 1.82) is 0 Å². The van der Waals surface area contributed by atoms with E-state index in [2.05, 4.69) is 9.84 Å². The summed E-state index contributed by atoms with van der Waals surface area (Å²) in [6, 6.07) is 0. The molecule has 0 unspecified atom stereocenters. The van der Waals surface area contributed by atoms with E-state index in [0.717, 1.165) is 4.68 Å². The second-order valence-electron chi connectivity index (χ2n) is 3.73. The van der Waals surface area contributed by atoms with Crippen LogP contribution in [0.4, 0.5) is 0 Å². The minimum Gasteiger partial charge on any atom is -0.481 e. The zero-order valence-electron chi connectivity index (χ0n) is 10.7. The van der Waals surface area contributed by atoms with Crippen LogP contribution < -0.4 is 5.56 Å². The van der Waals surface area contributed by atoms with E-state index in [1.54, 1.807) is 0 Å². The number of carboxylic acid groups (broad SMARTS) is 1. The van der Waals surface area contributed by atoms with Gasteiger partial charge in [-0.1, -0.05) is 11.6 Å². The number of aliphatic carboxylic acids is 1. The number of aromatic nitrogens is 2. The molecule has 1 N–H and O–H groups in total. The number of halogens is 1. The van der Waals surface area contributed by atoms with E-state index in [0.29, 0.717) is 0 Å². The van der Waals surface area contributed by atoms with Crippen molar-refractivity contribution in [2.24, 2.45) is 0 Å². The Morgan fingerprint density at radius 3 is 2.80 bits per heavy atom. The molecule has 20 heavy (non-hydrogen) atoms. The van der Waals surface area contributed by atoms with E-state index in [-0.39, 0.29) is 30.3 Å². The van der Waals surface area contributed by atoms with Gasteiger partial charge in [0.2, 0.25) is 0 Å². The number of nitrogens with zero attached hydrogens (tertiary/aromatic N) is 2. The normalized spacial score (nSPS) is 10.3. The summed E-state index contributed by atoms with van der Waals surface area (Å²) in [6.07, 6.45) is 0.629. The fourth-order valence-corrected chi connectivity index (χ4v) is 1.61. The molecule has 0 fully saturated rings. The van der Waals surface area contributed by atoms with Gasteiger partial charge in [0.05, 0.1) is 17.8 Å². The fraction of sp³-hybridized carbons (Fsp3) is 0.455. The first-order valence-corrected chi connectivity index (χ1v) is 5.94. The van der Waals surface area contributed by atoms with E-state index in [9.17, 15) is 14.4 Å². The van der Waals surface area contributed by atoms with Crippen molar-refractivity contribution >= 4 is 23.5 Å². The van der Waals surface area contributed by atoms with Crippen LogP contribution >= 0.6 is 11.6 Å². The molecule has 0 bridgehead atoms. The summed E-state index contributed by atoms with van der Waals surface area (Å²) in [5.41, 5.74) is -0.226. The maximum absolute atomic E-state index is 11.9. The van der Waals surface area contributed by atoms with Crippen molar-refractivity contribution in [3.05, 3.63) is 27.1 Å². The summed E-state index contributed by atoms with van der Waals surface area (Å²) in [5, 5.41) is 12.3. The number of carboxylic acids is 1. The quantitative estimate of drug-likeness (QED) is 0.560. The highest BCUT2D eigenvalue weighted by atomic mass is 35.5. The molecule has 0 aliphatic rings. The maximum Gasteiger partial charge on any atom is 0.317 e. The monoisotopic (exact) mass is 304 g/mol. The zero-order valence-corrected chi connectivity index (χ0v) is 11.4. The van der Waals surface area contributed by atoms with Gasteiger partial charge >= 0.3 is 11.9 Å². The summed E-state index contributed by atoms with van der Waals surface area (Å²) in [4.78, 5) is 33.2. The second kappa shape index (κ2) is 7.61. The minimum absolute atomic E-state index is 0.0260. The first kappa shape index (κ1) is 16.1. The molecule has 1 heterocycles. The van der Waals surface area contributed by atoms with Crippen molar-refractivity contribution in [3.8, 4) is 0 Å². The van der Waals surface area contributed by atoms with Crippen LogP contribution in [0.3, 0.4) is 0 Å². The van der Waals surface area contributed by atoms with Gasteiger partial charge < -0.3 is 14.6 Å². The van der Waals surface area contributed by atoms with Gasteiger partial charge in [0, 0.05) is 19.1 Å². The lowest BCUT2D eigenvalue weighted by Gasteiger charge is -2.08. The number of hydrogen-bond acceptors (Lipinski definition) is 6. The van der Waals surface area contributed by atoms with E-state index >= 15 is 0 Å². The fourth-order valence-electron chi connectivity index (χ4n) is 1.39. The summed E-state index contributed by atoms with van der Waals surface area (Å²) >= 11 is 5.85. The summed E-state index contributed by atoms with van der Waals surface area (Å²) < 4.78 is 10.6. The molecule has 1 aromatic heterocycles. The number of rotatable bonds is 7. The van der Waals surface area contributed by atoms with Gasteiger partial charge in [0.15, 0.2) is 0 Å². The molecular formula is C11H13ClN2O6. The first-order valence-electron chi connectivity index (χ1n) is 5.56. The topological polar surface area (TPSA) is 108 Å². The predicted molar refractivity (Wildman–Crippen MR) is 67.4 cm³/mol. The number of hydrogen-bond donors (Lipinski definition) is 1. The van der Waals surface area contributed by atoms with Gasteiger partial charge in [0.25, 0.3) is 5.56 Å². The molecule has 0 aliphatic carbocycles. The summed E-state index contributed by atoms with van der Waals surface area (Å²) in [6.45, 7) is -0.167. The molecule has 1 aromatic rings.